The number of hydrogen-bond donors (Lipinski definition) is 0. The van der Waals surface area contributed by atoms with Gasteiger partial charge in [0.15, 0.2) is 11.6 Å². The third kappa shape index (κ3) is 8.18. The van der Waals surface area contributed by atoms with E-state index in [0.717, 1.165) is 101 Å². The first-order valence-corrected chi connectivity index (χ1v) is 21.9. The van der Waals surface area contributed by atoms with E-state index in [1.165, 1.54) is 0 Å². The van der Waals surface area contributed by atoms with Crippen molar-refractivity contribution in [3.8, 4) is 112 Å². The molecular formula is C60H40N6. The Kier molecular flexibility index (Phi) is 10.9. The van der Waals surface area contributed by atoms with Crippen molar-refractivity contribution in [2.24, 2.45) is 0 Å². The van der Waals surface area contributed by atoms with Gasteiger partial charge < -0.3 is 0 Å². The third-order valence-corrected chi connectivity index (χ3v) is 11.7. The SMILES string of the molecule is c1ccc(-c2ccc(-c3nc(-c4ccccc4)cc(-c4ccccc4-c4ccc(-c5ccccn5)cc4-c4ccccc4-c4nc(-c5ccccc5)cc(-c5cccnc5)n4)n3)cc2)cc1. The summed E-state index contributed by atoms with van der Waals surface area (Å²) in [5.74, 6) is 1.26. The summed E-state index contributed by atoms with van der Waals surface area (Å²) in [5, 5.41) is 0. The minimum Gasteiger partial charge on any atom is -0.264 e. The van der Waals surface area contributed by atoms with Gasteiger partial charge in [-0.1, -0.05) is 182 Å². The summed E-state index contributed by atoms with van der Waals surface area (Å²) >= 11 is 0. The zero-order valence-electron chi connectivity index (χ0n) is 35.8. The van der Waals surface area contributed by atoms with Crippen molar-refractivity contribution < 1.29 is 0 Å². The molecule has 0 aliphatic carbocycles. The maximum atomic E-state index is 5.35. The van der Waals surface area contributed by atoms with E-state index in [0.29, 0.717) is 11.6 Å². The normalized spacial score (nSPS) is 11.0. The fourth-order valence-corrected chi connectivity index (χ4v) is 8.45. The summed E-state index contributed by atoms with van der Waals surface area (Å²) in [6, 6.07) is 77.1. The number of rotatable bonds is 10. The van der Waals surface area contributed by atoms with E-state index in [1.807, 2.05) is 91.3 Å². The molecule has 4 aromatic heterocycles. The van der Waals surface area contributed by atoms with Gasteiger partial charge in [0, 0.05) is 57.5 Å². The van der Waals surface area contributed by atoms with Crippen LogP contribution >= 0.6 is 0 Å². The summed E-state index contributed by atoms with van der Waals surface area (Å²) in [6.07, 6.45) is 5.46. The molecule has 0 radical (unpaired) electrons. The second kappa shape index (κ2) is 18.0. The molecule has 0 saturated heterocycles. The molecule has 0 bridgehead atoms. The molecule has 0 saturated carbocycles. The molecule has 6 nitrogen and oxygen atoms in total. The smallest absolute Gasteiger partial charge is 0.161 e. The first-order valence-electron chi connectivity index (χ1n) is 21.9. The average molecular weight is 845 g/mol. The Balaban J connectivity index is 1.10. The van der Waals surface area contributed by atoms with Crippen LogP contribution in [0.4, 0.5) is 0 Å². The standard InChI is InChI=1S/C60H40N6/c1-4-17-41(18-5-1)42-29-31-45(32-30-42)59-63-56(44-21-8-3-9-22-44)39-58(66-59)51-26-12-10-24-48(51)50-34-33-46(54-28-14-15-36-62-54)37-53(50)49-25-11-13-27-52(49)60-64-55(43-19-6-2-7-20-43)38-57(65-60)47-23-16-35-61-40-47/h1-40H. The van der Waals surface area contributed by atoms with Gasteiger partial charge in [0.05, 0.1) is 28.5 Å². The maximum absolute atomic E-state index is 5.35. The molecule has 7 aromatic carbocycles. The second-order valence-corrected chi connectivity index (χ2v) is 15.9. The van der Waals surface area contributed by atoms with Crippen LogP contribution in [0.5, 0.6) is 0 Å². The van der Waals surface area contributed by atoms with E-state index >= 15 is 0 Å². The van der Waals surface area contributed by atoms with Crippen molar-refractivity contribution in [3.05, 3.63) is 243 Å². The van der Waals surface area contributed by atoms with Gasteiger partial charge in [0.25, 0.3) is 0 Å². The summed E-state index contributed by atoms with van der Waals surface area (Å²) in [6.45, 7) is 0. The molecule has 0 atom stereocenters. The fraction of sp³-hybridized carbons (Fsp3) is 0. The van der Waals surface area contributed by atoms with E-state index in [1.54, 1.807) is 6.20 Å². The number of aromatic nitrogens is 6. The highest BCUT2D eigenvalue weighted by Crippen LogP contribution is 2.43. The molecule has 0 spiro atoms. The Morgan fingerprint density at radius 1 is 0.227 bits per heavy atom. The van der Waals surface area contributed by atoms with E-state index in [9.17, 15) is 0 Å². The molecule has 310 valence electrons. The number of hydrogen-bond acceptors (Lipinski definition) is 6. The minimum atomic E-state index is 0.611. The Bertz CT molecular complexity index is 3380. The molecule has 0 aliphatic rings. The van der Waals surface area contributed by atoms with Gasteiger partial charge in [-0.2, -0.15) is 0 Å². The number of benzene rings is 7. The van der Waals surface area contributed by atoms with Crippen LogP contribution in [0.1, 0.15) is 0 Å². The first-order chi connectivity index (χ1) is 32.7. The number of pyridine rings is 2. The average Bonchev–Trinajstić information content (AvgIpc) is 3.42. The van der Waals surface area contributed by atoms with E-state index in [4.69, 9.17) is 24.9 Å². The molecule has 66 heavy (non-hydrogen) atoms. The van der Waals surface area contributed by atoms with Crippen molar-refractivity contribution in [2.75, 3.05) is 0 Å². The second-order valence-electron chi connectivity index (χ2n) is 15.9. The van der Waals surface area contributed by atoms with E-state index in [-0.39, 0.29) is 0 Å². The molecule has 0 fully saturated rings. The van der Waals surface area contributed by atoms with Crippen molar-refractivity contribution in [3.63, 3.8) is 0 Å². The zero-order chi connectivity index (χ0) is 44.1. The van der Waals surface area contributed by atoms with Crippen LogP contribution in [0.15, 0.2) is 243 Å². The molecule has 0 N–H and O–H groups in total. The zero-order valence-corrected chi connectivity index (χ0v) is 35.8. The highest BCUT2D eigenvalue weighted by molar-refractivity contribution is 5.97. The topological polar surface area (TPSA) is 77.3 Å². The molecule has 0 aliphatic heterocycles. The van der Waals surface area contributed by atoms with Gasteiger partial charge >= 0.3 is 0 Å². The Labute approximate surface area is 383 Å². The molecular weight excluding hydrogens is 805 g/mol. The summed E-state index contributed by atoms with van der Waals surface area (Å²) < 4.78 is 0. The van der Waals surface area contributed by atoms with E-state index < -0.39 is 0 Å². The highest BCUT2D eigenvalue weighted by atomic mass is 14.9. The summed E-state index contributed by atoms with van der Waals surface area (Å²) in [7, 11) is 0. The highest BCUT2D eigenvalue weighted by Gasteiger charge is 2.21. The summed E-state index contributed by atoms with van der Waals surface area (Å²) in [5.41, 5.74) is 17.2. The fourth-order valence-electron chi connectivity index (χ4n) is 8.45. The molecule has 0 amide bonds. The monoisotopic (exact) mass is 844 g/mol. The van der Waals surface area contributed by atoms with Crippen molar-refractivity contribution in [1.82, 2.24) is 29.9 Å². The lowest BCUT2D eigenvalue weighted by Gasteiger charge is -2.19. The maximum Gasteiger partial charge on any atom is 0.161 e. The predicted molar refractivity (Wildman–Crippen MR) is 268 cm³/mol. The lowest BCUT2D eigenvalue weighted by Crippen LogP contribution is -1.99. The van der Waals surface area contributed by atoms with Crippen LogP contribution in [0.25, 0.3) is 112 Å². The van der Waals surface area contributed by atoms with Crippen LogP contribution in [0, 0.1) is 0 Å². The third-order valence-electron chi connectivity index (χ3n) is 11.7. The van der Waals surface area contributed by atoms with Gasteiger partial charge in [-0.15, -0.1) is 0 Å². The number of nitrogens with zero attached hydrogens (tertiary/aromatic N) is 6. The van der Waals surface area contributed by atoms with Crippen LogP contribution in [0.3, 0.4) is 0 Å². The van der Waals surface area contributed by atoms with Crippen LogP contribution in [-0.2, 0) is 0 Å². The Morgan fingerprint density at radius 2 is 0.697 bits per heavy atom. The molecule has 4 heterocycles. The molecule has 11 rings (SSSR count). The first kappa shape index (κ1) is 39.8. The quantitative estimate of drug-likeness (QED) is 0.136. The van der Waals surface area contributed by atoms with E-state index in [2.05, 4.69) is 151 Å². The van der Waals surface area contributed by atoms with Crippen molar-refractivity contribution in [1.29, 1.82) is 0 Å². The van der Waals surface area contributed by atoms with Crippen LogP contribution in [0.2, 0.25) is 0 Å². The summed E-state index contributed by atoms with van der Waals surface area (Å²) in [4.78, 5) is 30.3. The Morgan fingerprint density at radius 3 is 1.33 bits per heavy atom. The molecule has 0 unspecified atom stereocenters. The molecule has 11 aromatic rings. The van der Waals surface area contributed by atoms with Crippen molar-refractivity contribution >= 4 is 0 Å². The molecule has 6 heteroatoms. The lowest BCUT2D eigenvalue weighted by atomic mass is 9.87. The van der Waals surface area contributed by atoms with Gasteiger partial charge in [-0.3, -0.25) is 9.97 Å². The largest absolute Gasteiger partial charge is 0.264 e. The predicted octanol–water partition coefficient (Wildman–Crippen LogP) is 14.7. The lowest BCUT2D eigenvalue weighted by molar-refractivity contribution is 1.18. The van der Waals surface area contributed by atoms with Crippen LogP contribution in [-0.4, -0.2) is 29.9 Å². The van der Waals surface area contributed by atoms with Crippen LogP contribution < -0.4 is 0 Å². The Hall–Kier alpha value is -9.00. The minimum absolute atomic E-state index is 0.611. The van der Waals surface area contributed by atoms with Crippen molar-refractivity contribution in [2.45, 2.75) is 0 Å². The van der Waals surface area contributed by atoms with Gasteiger partial charge in [-0.25, -0.2) is 19.9 Å². The van der Waals surface area contributed by atoms with Gasteiger partial charge in [-0.05, 0) is 75.8 Å². The van der Waals surface area contributed by atoms with Gasteiger partial charge in [0.1, 0.15) is 0 Å². The van der Waals surface area contributed by atoms with Gasteiger partial charge in [0.2, 0.25) is 0 Å².